The molecule has 0 saturated heterocycles. The van der Waals surface area contributed by atoms with Gasteiger partial charge in [0, 0.05) is 12.7 Å². The van der Waals surface area contributed by atoms with Crippen molar-refractivity contribution in [2.75, 3.05) is 19.8 Å². The van der Waals surface area contributed by atoms with Crippen molar-refractivity contribution in [1.82, 2.24) is 10.6 Å². The van der Waals surface area contributed by atoms with Crippen LogP contribution in [-0.4, -0.2) is 25.7 Å². The summed E-state index contributed by atoms with van der Waals surface area (Å²) in [7, 11) is 0. The molecule has 0 bridgehead atoms. The fourth-order valence-corrected chi connectivity index (χ4v) is 4.42. The van der Waals surface area contributed by atoms with Crippen LogP contribution in [0.15, 0.2) is 48.2 Å². The number of benzene rings is 2. The number of nitriles is 1. The van der Waals surface area contributed by atoms with Gasteiger partial charge in [0.25, 0.3) is 5.91 Å². The van der Waals surface area contributed by atoms with Crippen LogP contribution in [0, 0.1) is 11.3 Å². The van der Waals surface area contributed by atoms with Gasteiger partial charge >= 0.3 is 0 Å². The van der Waals surface area contributed by atoms with Crippen LogP contribution < -0.4 is 20.1 Å². The third-order valence-corrected chi connectivity index (χ3v) is 6.27. The number of carbonyl (C=O) groups excluding carboxylic acids is 1. The maximum Gasteiger partial charge on any atom is 0.263 e. The van der Waals surface area contributed by atoms with Gasteiger partial charge in [-0.15, -0.1) is 0 Å². The van der Waals surface area contributed by atoms with E-state index in [9.17, 15) is 10.1 Å². The summed E-state index contributed by atoms with van der Waals surface area (Å²) in [5, 5.41) is 15.7. The van der Waals surface area contributed by atoms with E-state index >= 15 is 0 Å². The lowest BCUT2D eigenvalue weighted by Crippen LogP contribution is -2.30. The summed E-state index contributed by atoms with van der Waals surface area (Å²) in [4.78, 5) is 12.8. The van der Waals surface area contributed by atoms with Gasteiger partial charge in [0.05, 0.1) is 19.3 Å². The van der Waals surface area contributed by atoms with Gasteiger partial charge in [-0.2, -0.15) is 5.26 Å². The van der Waals surface area contributed by atoms with Crippen LogP contribution in [0.25, 0.3) is 0 Å². The summed E-state index contributed by atoms with van der Waals surface area (Å²) >= 11 is 0. The molecule has 1 atom stereocenters. The fraction of sp³-hybridized carbons (Fsp3) is 0.448. The average molecular weight is 476 g/mol. The quantitative estimate of drug-likeness (QED) is 0.251. The zero-order chi connectivity index (χ0) is 25.0. The smallest absolute Gasteiger partial charge is 0.263 e. The van der Waals surface area contributed by atoms with E-state index in [0.717, 1.165) is 48.3 Å². The van der Waals surface area contributed by atoms with Gasteiger partial charge in [-0.05, 0) is 86.8 Å². The molecule has 1 unspecified atom stereocenters. The summed E-state index contributed by atoms with van der Waals surface area (Å²) in [6.45, 7) is 7.66. The van der Waals surface area contributed by atoms with Gasteiger partial charge in [-0.1, -0.05) is 31.2 Å². The maximum atomic E-state index is 12.8. The highest BCUT2D eigenvalue weighted by Crippen LogP contribution is 2.29. The van der Waals surface area contributed by atoms with E-state index in [4.69, 9.17) is 9.47 Å². The molecule has 6 nitrogen and oxygen atoms in total. The van der Waals surface area contributed by atoms with E-state index in [1.54, 1.807) is 0 Å². The monoisotopic (exact) mass is 475 g/mol. The molecule has 3 rings (SSSR count). The number of aryl methyl sites for hydroxylation is 2. The van der Waals surface area contributed by atoms with Gasteiger partial charge in [0.15, 0.2) is 11.5 Å². The second-order valence-corrected chi connectivity index (χ2v) is 8.69. The maximum absolute atomic E-state index is 12.8. The molecule has 0 heterocycles. The number of nitrogens with zero attached hydrogens (tertiary/aromatic N) is 1. The lowest BCUT2D eigenvalue weighted by Gasteiger charge is -2.21. The molecule has 0 aliphatic heterocycles. The van der Waals surface area contributed by atoms with Crippen molar-refractivity contribution in [3.8, 4) is 17.6 Å². The van der Waals surface area contributed by atoms with E-state index in [2.05, 4.69) is 28.8 Å². The Kier molecular flexibility index (Phi) is 10.0. The van der Waals surface area contributed by atoms with Crippen molar-refractivity contribution in [1.29, 1.82) is 5.26 Å². The van der Waals surface area contributed by atoms with Crippen LogP contribution in [0.4, 0.5) is 0 Å². The molecular weight excluding hydrogens is 438 g/mol. The Balaban J connectivity index is 1.57. The molecule has 0 radical (unpaired) electrons. The van der Waals surface area contributed by atoms with Gasteiger partial charge in [-0.25, -0.2) is 0 Å². The molecule has 0 fully saturated rings. The second-order valence-electron chi connectivity index (χ2n) is 8.69. The van der Waals surface area contributed by atoms with Gasteiger partial charge in [-0.3, -0.25) is 4.79 Å². The Morgan fingerprint density at radius 1 is 1.03 bits per heavy atom. The number of ether oxygens (including phenoxy) is 2. The number of hydrogen-bond acceptors (Lipinski definition) is 5. The van der Waals surface area contributed by atoms with Crippen LogP contribution in [0.3, 0.4) is 0 Å². The molecule has 1 amide bonds. The predicted octanol–water partition coefficient (Wildman–Crippen LogP) is 5.17. The van der Waals surface area contributed by atoms with Gasteiger partial charge < -0.3 is 20.1 Å². The van der Waals surface area contributed by atoms with E-state index in [-0.39, 0.29) is 17.5 Å². The molecular formula is C29H37N3O3. The van der Waals surface area contributed by atoms with Crippen LogP contribution in [-0.2, 0) is 24.1 Å². The highest BCUT2D eigenvalue weighted by molar-refractivity contribution is 5.97. The van der Waals surface area contributed by atoms with Crippen molar-refractivity contribution in [3.63, 3.8) is 0 Å². The Morgan fingerprint density at radius 3 is 2.49 bits per heavy atom. The molecule has 1 aliphatic rings. The van der Waals surface area contributed by atoms with Crippen LogP contribution in [0.2, 0.25) is 0 Å². The normalized spacial score (nSPS) is 13.8. The minimum atomic E-state index is -0.357. The number of rotatable bonds is 12. The Morgan fingerprint density at radius 2 is 1.77 bits per heavy atom. The molecule has 1 aliphatic carbocycles. The Labute approximate surface area is 209 Å². The van der Waals surface area contributed by atoms with E-state index in [0.29, 0.717) is 19.8 Å². The standard InChI is InChI=1S/C29H37N3O3/c1-4-26(24-13-12-22-9-7-8-10-23(22)18-24)32-29(33)25(19-30)20-31-16-15-21-11-14-27(34-5-2)28(17-21)35-6-3/h11-14,17-18,20,26,31H,4-10,15-16H2,1-3H3,(H,32,33)/b25-20-. The van der Waals surface area contributed by atoms with E-state index in [1.165, 1.54) is 30.2 Å². The summed E-state index contributed by atoms with van der Waals surface area (Å²) < 4.78 is 11.3. The minimum Gasteiger partial charge on any atom is -0.490 e. The van der Waals surface area contributed by atoms with E-state index in [1.807, 2.05) is 45.0 Å². The predicted molar refractivity (Wildman–Crippen MR) is 138 cm³/mol. The number of amides is 1. The SMILES string of the molecule is CCOc1ccc(CCN/C=C(/C#N)C(=O)NC(CC)c2ccc3c(c2)CCCC3)cc1OCC. The highest BCUT2D eigenvalue weighted by atomic mass is 16.5. The first kappa shape index (κ1) is 26.2. The molecule has 0 saturated carbocycles. The van der Waals surface area contributed by atoms with E-state index < -0.39 is 0 Å². The molecule has 35 heavy (non-hydrogen) atoms. The number of fused-ring (bicyclic) bond motifs is 1. The molecule has 2 aromatic carbocycles. The molecule has 0 aromatic heterocycles. The second kappa shape index (κ2) is 13.4. The van der Waals surface area contributed by atoms with Crippen molar-refractivity contribution in [3.05, 3.63) is 70.4 Å². The third-order valence-electron chi connectivity index (χ3n) is 6.27. The minimum absolute atomic E-state index is 0.0723. The topological polar surface area (TPSA) is 83.4 Å². The first-order valence-corrected chi connectivity index (χ1v) is 12.7. The summed E-state index contributed by atoms with van der Waals surface area (Å²) in [6, 6.07) is 14.3. The van der Waals surface area contributed by atoms with Gasteiger partial charge in [0.1, 0.15) is 11.6 Å². The summed E-state index contributed by atoms with van der Waals surface area (Å²) in [5.74, 6) is 1.11. The summed E-state index contributed by atoms with van der Waals surface area (Å²) in [6.07, 6.45) is 7.68. The van der Waals surface area contributed by atoms with Crippen LogP contribution >= 0.6 is 0 Å². The largest absolute Gasteiger partial charge is 0.490 e. The van der Waals surface area contributed by atoms with Crippen molar-refractivity contribution in [2.24, 2.45) is 0 Å². The van der Waals surface area contributed by atoms with Crippen LogP contribution in [0.1, 0.15) is 68.3 Å². The molecule has 0 spiro atoms. The van der Waals surface area contributed by atoms with Crippen molar-refractivity contribution in [2.45, 2.75) is 65.3 Å². The zero-order valence-corrected chi connectivity index (χ0v) is 21.2. The molecule has 186 valence electrons. The first-order valence-electron chi connectivity index (χ1n) is 12.7. The number of nitrogens with one attached hydrogen (secondary N) is 2. The lowest BCUT2D eigenvalue weighted by molar-refractivity contribution is -0.117. The number of hydrogen-bond donors (Lipinski definition) is 2. The summed E-state index contributed by atoms with van der Waals surface area (Å²) in [5.41, 5.74) is 5.07. The Hall–Kier alpha value is -3.46. The fourth-order valence-electron chi connectivity index (χ4n) is 4.42. The first-order chi connectivity index (χ1) is 17.1. The average Bonchev–Trinajstić information content (AvgIpc) is 2.88. The highest BCUT2D eigenvalue weighted by Gasteiger charge is 2.18. The number of carbonyl (C=O) groups is 1. The Bertz CT molecular complexity index is 1070. The van der Waals surface area contributed by atoms with Crippen LogP contribution in [0.5, 0.6) is 11.5 Å². The zero-order valence-electron chi connectivity index (χ0n) is 21.2. The van der Waals surface area contributed by atoms with Crippen molar-refractivity contribution < 1.29 is 14.3 Å². The lowest BCUT2D eigenvalue weighted by atomic mass is 9.88. The molecule has 2 N–H and O–H groups in total. The third kappa shape index (κ3) is 7.26. The molecule has 6 heteroatoms. The van der Waals surface area contributed by atoms with Crippen molar-refractivity contribution >= 4 is 5.91 Å². The van der Waals surface area contributed by atoms with Gasteiger partial charge in [0.2, 0.25) is 0 Å². The molecule has 2 aromatic rings.